The Bertz CT molecular complexity index is 604. The molecule has 2 atom stereocenters. The molecule has 2 bridgehead atoms. The minimum atomic E-state index is 0.776. The first-order valence-corrected chi connectivity index (χ1v) is 8.03. The summed E-state index contributed by atoms with van der Waals surface area (Å²) >= 11 is 0. The maximum Gasteiger partial charge on any atom is 0.110 e. The zero-order chi connectivity index (χ0) is 13.5. The van der Waals surface area contributed by atoms with Gasteiger partial charge in [0.1, 0.15) is 5.82 Å². The van der Waals surface area contributed by atoms with Crippen molar-refractivity contribution >= 4 is 11.0 Å². The molecule has 1 N–H and O–H groups in total. The SMILES string of the molecule is CCn1c(CC2CC3CCC(C2)N3)nc2ccccc21. The largest absolute Gasteiger partial charge is 0.328 e. The van der Waals surface area contributed by atoms with Crippen LogP contribution in [0.3, 0.4) is 0 Å². The molecule has 2 aromatic rings. The van der Waals surface area contributed by atoms with Crippen LogP contribution >= 0.6 is 0 Å². The Morgan fingerprint density at radius 1 is 1.20 bits per heavy atom. The van der Waals surface area contributed by atoms with Crippen molar-refractivity contribution in [1.82, 2.24) is 14.9 Å². The molecular formula is C17H23N3. The molecule has 2 aliphatic heterocycles. The number of nitrogens with one attached hydrogen (secondary N) is 1. The van der Waals surface area contributed by atoms with Gasteiger partial charge in [-0.1, -0.05) is 12.1 Å². The van der Waals surface area contributed by atoms with Crippen LogP contribution in [0.4, 0.5) is 0 Å². The minimum absolute atomic E-state index is 0.776. The van der Waals surface area contributed by atoms with Crippen molar-refractivity contribution in [2.24, 2.45) is 5.92 Å². The van der Waals surface area contributed by atoms with E-state index in [9.17, 15) is 0 Å². The average molecular weight is 269 g/mol. The molecule has 3 heteroatoms. The molecule has 0 spiro atoms. The number of hydrogen-bond donors (Lipinski definition) is 1. The van der Waals surface area contributed by atoms with Crippen LogP contribution in [0.5, 0.6) is 0 Å². The molecule has 0 amide bonds. The molecule has 2 aliphatic rings. The van der Waals surface area contributed by atoms with Crippen LogP contribution in [0, 0.1) is 5.92 Å². The molecular weight excluding hydrogens is 246 g/mol. The van der Waals surface area contributed by atoms with Crippen molar-refractivity contribution in [3.63, 3.8) is 0 Å². The Kier molecular flexibility index (Phi) is 3.03. The number of aromatic nitrogens is 2. The van der Waals surface area contributed by atoms with E-state index >= 15 is 0 Å². The number of aryl methyl sites for hydroxylation is 1. The Morgan fingerprint density at radius 3 is 2.70 bits per heavy atom. The van der Waals surface area contributed by atoms with E-state index < -0.39 is 0 Å². The Labute approximate surface area is 120 Å². The van der Waals surface area contributed by atoms with Crippen molar-refractivity contribution in [3.8, 4) is 0 Å². The van der Waals surface area contributed by atoms with E-state index in [0.29, 0.717) is 0 Å². The molecule has 2 fully saturated rings. The van der Waals surface area contributed by atoms with Gasteiger partial charge in [0.05, 0.1) is 11.0 Å². The van der Waals surface area contributed by atoms with Crippen molar-refractivity contribution in [3.05, 3.63) is 30.1 Å². The second-order valence-electron chi connectivity index (χ2n) is 6.44. The molecule has 20 heavy (non-hydrogen) atoms. The lowest BCUT2D eigenvalue weighted by Gasteiger charge is -2.29. The summed E-state index contributed by atoms with van der Waals surface area (Å²) in [5.74, 6) is 2.11. The highest BCUT2D eigenvalue weighted by molar-refractivity contribution is 5.75. The van der Waals surface area contributed by atoms with Crippen molar-refractivity contribution < 1.29 is 0 Å². The summed E-state index contributed by atoms with van der Waals surface area (Å²) < 4.78 is 2.40. The molecule has 1 aromatic heterocycles. The summed E-state index contributed by atoms with van der Waals surface area (Å²) in [5.41, 5.74) is 2.45. The highest BCUT2D eigenvalue weighted by atomic mass is 15.1. The molecule has 3 nitrogen and oxygen atoms in total. The number of piperidine rings is 1. The van der Waals surface area contributed by atoms with E-state index in [4.69, 9.17) is 4.98 Å². The van der Waals surface area contributed by atoms with Crippen LogP contribution in [0.2, 0.25) is 0 Å². The fraction of sp³-hybridized carbons (Fsp3) is 0.588. The number of benzene rings is 1. The number of nitrogens with zero attached hydrogens (tertiary/aromatic N) is 2. The van der Waals surface area contributed by atoms with Gasteiger partial charge in [0.15, 0.2) is 0 Å². The van der Waals surface area contributed by atoms with E-state index in [1.807, 2.05) is 0 Å². The van der Waals surface area contributed by atoms with Crippen LogP contribution in [-0.4, -0.2) is 21.6 Å². The molecule has 1 aromatic carbocycles. The van der Waals surface area contributed by atoms with Gasteiger partial charge < -0.3 is 9.88 Å². The van der Waals surface area contributed by atoms with Gasteiger partial charge in [-0.3, -0.25) is 0 Å². The van der Waals surface area contributed by atoms with Gasteiger partial charge in [-0.15, -0.1) is 0 Å². The van der Waals surface area contributed by atoms with Gasteiger partial charge >= 0.3 is 0 Å². The molecule has 4 rings (SSSR count). The lowest BCUT2D eigenvalue weighted by atomic mass is 9.89. The molecule has 106 valence electrons. The Hall–Kier alpha value is -1.35. The van der Waals surface area contributed by atoms with E-state index in [2.05, 4.69) is 41.1 Å². The monoisotopic (exact) mass is 269 g/mol. The molecule has 2 unspecified atom stereocenters. The highest BCUT2D eigenvalue weighted by Gasteiger charge is 2.33. The van der Waals surface area contributed by atoms with Gasteiger partial charge in [-0.2, -0.15) is 0 Å². The van der Waals surface area contributed by atoms with Crippen LogP contribution in [0.15, 0.2) is 24.3 Å². The van der Waals surface area contributed by atoms with E-state index in [1.54, 1.807) is 0 Å². The predicted molar refractivity (Wildman–Crippen MR) is 81.8 cm³/mol. The van der Waals surface area contributed by atoms with Crippen LogP contribution in [-0.2, 0) is 13.0 Å². The fourth-order valence-electron chi connectivity index (χ4n) is 4.23. The maximum absolute atomic E-state index is 4.89. The Balaban J connectivity index is 1.62. The predicted octanol–water partition coefficient (Wildman–Crippen LogP) is 3.13. The summed E-state index contributed by atoms with van der Waals surface area (Å²) in [4.78, 5) is 4.89. The second kappa shape index (κ2) is 4.88. The number of para-hydroxylation sites is 2. The van der Waals surface area contributed by atoms with Crippen LogP contribution in [0.1, 0.15) is 38.4 Å². The molecule has 3 heterocycles. The first-order valence-electron chi connectivity index (χ1n) is 8.03. The Morgan fingerprint density at radius 2 is 1.95 bits per heavy atom. The van der Waals surface area contributed by atoms with Crippen LogP contribution < -0.4 is 5.32 Å². The topological polar surface area (TPSA) is 29.9 Å². The van der Waals surface area contributed by atoms with Gasteiger partial charge in [-0.05, 0) is 50.7 Å². The summed E-state index contributed by atoms with van der Waals surface area (Å²) in [6, 6.07) is 10.1. The van der Waals surface area contributed by atoms with E-state index in [1.165, 1.54) is 37.0 Å². The lowest BCUT2D eigenvalue weighted by Crippen LogP contribution is -2.38. The zero-order valence-electron chi connectivity index (χ0n) is 12.2. The fourth-order valence-corrected chi connectivity index (χ4v) is 4.23. The van der Waals surface area contributed by atoms with Crippen molar-refractivity contribution in [1.29, 1.82) is 0 Å². The third-order valence-corrected chi connectivity index (χ3v) is 5.09. The first kappa shape index (κ1) is 12.4. The third kappa shape index (κ3) is 2.05. The first-order chi connectivity index (χ1) is 9.83. The lowest BCUT2D eigenvalue weighted by molar-refractivity contribution is 0.293. The second-order valence-corrected chi connectivity index (χ2v) is 6.44. The summed E-state index contributed by atoms with van der Waals surface area (Å²) in [6.07, 6.45) is 6.58. The van der Waals surface area contributed by atoms with Gasteiger partial charge in [0.25, 0.3) is 0 Å². The number of rotatable bonds is 3. The number of imidazole rings is 1. The average Bonchev–Trinajstić information content (AvgIpc) is 2.98. The molecule has 0 radical (unpaired) electrons. The van der Waals surface area contributed by atoms with Crippen LogP contribution in [0.25, 0.3) is 11.0 Å². The third-order valence-electron chi connectivity index (χ3n) is 5.09. The summed E-state index contributed by atoms with van der Waals surface area (Å²) in [5, 5.41) is 3.73. The minimum Gasteiger partial charge on any atom is -0.328 e. The molecule has 0 saturated carbocycles. The van der Waals surface area contributed by atoms with Gasteiger partial charge in [0.2, 0.25) is 0 Å². The molecule has 0 aliphatic carbocycles. The number of hydrogen-bond acceptors (Lipinski definition) is 2. The summed E-state index contributed by atoms with van der Waals surface area (Å²) in [7, 11) is 0. The normalized spacial score (nSPS) is 29.1. The number of fused-ring (bicyclic) bond motifs is 3. The highest BCUT2D eigenvalue weighted by Crippen LogP contribution is 2.33. The van der Waals surface area contributed by atoms with E-state index in [-0.39, 0.29) is 0 Å². The van der Waals surface area contributed by atoms with E-state index in [0.717, 1.165) is 36.5 Å². The van der Waals surface area contributed by atoms with Crippen molar-refractivity contribution in [2.75, 3.05) is 0 Å². The molecule has 2 saturated heterocycles. The summed E-state index contributed by atoms with van der Waals surface area (Å²) in [6.45, 7) is 3.25. The maximum atomic E-state index is 4.89. The standard InChI is InChI=1S/C17H23N3/c1-2-20-16-6-4-3-5-15(16)19-17(20)11-12-9-13-7-8-14(10-12)18-13/h3-6,12-14,18H,2,7-11H2,1H3. The van der Waals surface area contributed by atoms with Crippen molar-refractivity contribution in [2.45, 2.75) is 57.7 Å². The zero-order valence-corrected chi connectivity index (χ0v) is 12.2. The quantitative estimate of drug-likeness (QED) is 0.927. The van der Waals surface area contributed by atoms with Gasteiger partial charge in [0, 0.05) is 25.0 Å². The smallest absolute Gasteiger partial charge is 0.110 e. The van der Waals surface area contributed by atoms with Gasteiger partial charge in [-0.25, -0.2) is 4.98 Å².